The van der Waals surface area contributed by atoms with E-state index in [0.29, 0.717) is 23.1 Å². The third-order valence-corrected chi connectivity index (χ3v) is 4.48. The molecular weight excluding hydrogens is 306 g/mol. The van der Waals surface area contributed by atoms with Crippen molar-refractivity contribution in [1.82, 2.24) is 9.78 Å². The second-order valence-corrected chi connectivity index (χ2v) is 5.98. The van der Waals surface area contributed by atoms with Gasteiger partial charge in [-0.3, -0.25) is 4.79 Å². The Kier molecular flexibility index (Phi) is 5.03. The fourth-order valence-corrected chi connectivity index (χ4v) is 3.20. The zero-order chi connectivity index (χ0) is 16.9. The lowest BCUT2D eigenvalue weighted by atomic mass is 9.96. The molecule has 1 aromatic carbocycles. The normalized spacial score (nSPS) is 15.1. The van der Waals surface area contributed by atoms with Crippen molar-refractivity contribution in [3.05, 3.63) is 36.0 Å². The number of hydrogen-bond donors (Lipinski definition) is 1. The number of nitrogens with zero attached hydrogens (tertiary/aromatic N) is 2. The first kappa shape index (κ1) is 16.4. The largest absolute Gasteiger partial charge is 0.493 e. The first-order valence-electron chi connectivity index (χ1n) is 8.30. The number of amides is 1. The van der Waals surface area contributed by atoms with Crippen LogP contribution in [-0.2, 0) is 0 Å². The maximum atomic E-state index is 12.6. The minimum absolute atomic E-state index is 0.187. The van der Waals surface area contributed by atoms with Gasteiger partial charge in [-0.2, -0.15) is 5.10 Å². The van der Waals surface area contributed by atoms with Crippen molar-refractivity contribution in [3.8, 4) is 11.5 Å². The zero-order valence-corrected chi connectivity index (χ0v) is 14.1. The van der Waals surface area contributed by atoms with Gasteiger partial charge in [0.2, 0.25) is 0 Å². The van der Waals surface area contributed by atoms with Crippen molar-refractivity contribution >= 4 is 11.7 Å². The van der Waals surface area contributed by atoms with E-state index in [1.54, 1.807) is 38.6 Å². The summed E-state index contributed by atoms with van der Waals surface area (Å²) < 4.78 is 12.4. The second kappa shape index (κ2) is 7.38. The molecule has 2 aromatic rings. The van der Waals surface area contributed by atoms with Gasteiger partial charge in [0.1, 0.15) is 5.82 Å². The summed E-state index contributed by atoms with van der Waals surface area (Å²) >= 11 is 0. The number of carbonyl (C=O) groups excluding carboxylic acids is 1. The molecule has 1 aliphatic rings. The quantitative estimate of drug-likeness (QED) is 0.909. The highest BCUT2D eigenvalue weighted by Gasteiger charge is 2.20. The summed E-state index contributed by atoms with van der Waals surface area (Å²) in [6.07, 6.45) is 7.67. The molecule has 1 aromatic heterocycles. The summed E-state index contributed by atoms with van der Waals surface area (Å²) in [7, 11) is 3.12. The molecule has 128 valence electrons. The van der Waals surface area contributed by atoms with Crippen LogP contribution in [0.25, 0.3) is 0 Å². The SMILES string of the molecule is COc1ccc(C(=O)Nc2ccnn2C2CCCCC2)cc1OC. The molecule has 1 saturated carbocycles. The van der Waals surface area contributed by atoms with E-state index in [-0.39, 0.29) is 5.91 Å². The van der Waals surface area contributed by atoms with Crippen LogP contribution in [0, 0.1) is 0 Å². The molecule has 6 nitrogen and oxygen atoms in total. The van der Waals surface area contributed by atoms with E-state index in [0.717, 1.165) is 18.7 Å². The van der Waals surface area contributed by atoms with Crippen molar-refractivity contribution in [2.45, 2.75) is 38.1 Å². The number of carbonyl (C=O) groups is 1. The lowest BCUT2D eigenvalue weighted by molar-refractivity contribution is 0.102. The third-order valence-electron chi connectivity index (χ3n) is 4.48. The maximum Gasteiger partial charge on any atom is 0.256 e. The van der Waals surface area contributed by atoms with E-state index >= 15 is 0 Å². The average molecular weight is 329 g/mol. The Balaban J connectivity index is 1.77. The number of anilines is 1. The molecule has 3 rings (SSSR count). The molecule has 1 N–H and O–H groups in total. The molecule has 24 heavy (non-hydrogen) atoms. The second-order valence-electron chi connectivity index (χ2n) is 5.98. The van der Waals surface area contributed by atoms with Crippen molar-refractivity contribution in [1.29, 1.82) is 0 Å². The van der Waals surface area contributed by atoms with E-state index in [4.69, 9.17) is 9.47 Å². The van der Waals surface area contributed by atoms with Gasteiger partial charge in [-0.25, -0.2) is 4.68 Å². The van der Waals surface area contributed by atoms with Crippen LogP contribution in [0.4, 0.5) is 5.82 Å². The number of nitrogens with one attached hydrogen (secondary N) is 1. The highest BCUT2D eigenvalue weighted by atomic mass is 16.5. The molecule has 0 radical (unpaired) electrons. The van der Waals surface area contributed by atoms with Crippen molar-refractivity contribution in [2.75, 3.05) is 19.5 Å². The fraction of sp³-hybridized carbons (Fsp3) is 0.444. The van der Waals surface area contributed by atoms with E-state index in [2.05, 4.69) is 10.4 Å². The van der Waals surface area contributed by atoms with Crippen molar-refractivity contribution in [3.63, 3.8) is 0 Å². The molecule has 1 amide bonds. The number of rotatable bonds is 5. The summed E-state index contributed by atoms with van der Waals surface area (Å²) in [6.45, 7) is 0. The van der Waals surface area contributed by atoms with Gasteiger partial charge in [0.25, 0.3) is 5.91 Å². The highest BCUT2D eigenvalue weighted by molar-refractivity contribution is 6.04. The monoisotopic (exact) mass is 329 g/mol. The molecule has 1 aliphatic carbocycles. The van der Waals surface area contributed by atoms with Gasteiger partial charge in [0.15, 0.2) is 11.5 Å². The van der Waals surface area contributed by atoms with E-state index in [1.165, 1.54) is 19.3 Å². The van der Waals surface area contributed by atoms with Crippen LogP contribution in [0.3, 0.4) is 0 Å². The molecule has 1 fully saturated rings. The number of hydrogen-bond acceptors (Lipinski definition) is 4. The summed E-state index contributed by atoms with van der Waals surface area (Å²) in [5.74, 6) is 1.68. The predicted molar refractivity (Wildman–Crippen MR) is 91.8 cm³/mol. The van der Waals surface area contributed by atoms with E-state index < -0.39 is 0 Å². The number of aromatic nitrogens is 2. The van der Waals surface area contributed by atoms with Crippen LogP contribution in [0.1, 0.15) is 48.5 Å². The Morgan fingerprint density at radius 3 is 2.58 bits per heavy atom. The minimum Gasteiger partial charge on any atom is -0.493 e. The first-order chi connectivity index (χ1) is 11.7. The first-order valence-corrected chi connectivity index (χ1v) is 8.30. The number of benzene rings is 1. The van der Waals surface area contributed by atoms with Gasteiger partial charge in [0.05, 0.1) is 26.5 Å². The third kappa shape index (κ3) is 3.37. The molecule has 0 saturated heterocycles. The molecular formula is C18H23N3O3. The van der Waals surface area contributed by atoms with Crippen LogP contribution in [-0.4, -0.2) is 29.9 Å². The highest BCUT2D eigenvalue weighted by Crippen LogP contribution is 2.31. The predicted octanol–water partition coefficient (Wildman–Crippen LogP) is 3.66. The molecule has 1 heterocycles. The Bertz CT molecular complexity index is 705. The summed E-state index contributed by atoms with van der Waals surface area (Å²) in [4.78, 5) is 12.6. The van der Waals surface area contributed by atoms with Crippen LogP contribution in [0.15, 0.2) is 30.5 Å². The Morgan fingerprint density at radius 2 is 1.88 bits per heavy atom. The summed E-state index contributed by atoms with van der Waals surface area (Å²) in [5.41, 5.74) is 0.518. The number of ether oxygens (including phenoxy) is 2. The summed E-state index contributed by atoms with van der Waals surface area (Å²) in [6, 6.07) is 7.34. The standard InChI is InChI=1S/C18H23N3O3/c1-23-15-9-8-13(12-16(15)24-2)18(22)20-17-10-11-19-21(17)14-6-4-3-5-7-14/h8-12,14H,3-7H2,1-2H3,(H,20,22). The molecule has 6 heteroatoms. The fourth-order valence-electron chi connectivity index (χ4n) is 3.20. The number of methoxy groups -OCH3 is 2. The van der Waals surface area contributed by atoms with Gasteiger partial charge in [-0.1, -0.05) is 19.3 Å². The van der Waals surface area contributed by atoms with Gasteiger partial charge in [0, 0.05) is 11.6 Å². The van der Waals surface area contributed by atoms with Gasteiger partial charge >= 0.3 is 0 Å². The van der Waals surface area contributed by atoms with Crippen LogP contribution in [0.5, 0.6) is 11.5 Å². The minimum atomic E-state index is -0.187. The van der Waals surface area contributed by atoms with Crippen molar-refractivity contribution in [2.24, 2.45) is 0 Å². The van der Waals surface area contributed by atoms with Gasteiger partial charge in [-0.05, 0) is 31.0 Å². The lowest BCUT2D eigenvalue weighted by Gasteiger charge is -2.23. The van der Waals surface area contributed by atoms with Gasteiger partial charge < -0.3 is 14.8 Å². The lowest BCUT2D eigenvalue weighted by Crippen LogP contribution is -2.20. The van der Waals surface area contributed by atoms with Gasteiger partial charge in [-0.15, -0.1) is 0 Å². The molecule has 0 spiro atoms. The Labute approximate surface area is 141 Å². The van der Waals surface area contributed by atoms with Crippen molar-refractivity contribution < 1.29 is 14.3 Å². The zero-order valence-electron chi connectivity index (χ0n) is 14.1. The van der Waals surface area contributed by atoms with E-state index in [1.807, 2.05) is 10.7 Å². The average Bonchev–Trinajstić information content (AvgIpc) is 3.09. The Morgan fingerprint density at radius 1 is 1.12 bits per heavy atom. The topological polar surface area (TPSA) is 65.4 Å². The molecule has 0 atom stereocenters. The van der Waals surface area contributed by atoms with Crippen LogP contribution < -0.4 is 14.8 Å². The van der Waals surface area contributed by atoms with Crippen LogP contribution in [0.2, 0.25) is 0 Å². The maximum absolute atomic E-state index is 12.6. The molecule has 0 aliphatic heterocycles. The summed E-state index contributed by atoms with van der Waals surface area (Å²) in [5, 5.41) is 7.36. The molecule has 0 unspecified atom stereocenters. The Hall–Kier alpha value is -2.50. The van der Waals surface area contributed by atoms with Crippen LogP contribution >= 0.6 is 0 Å². The smallest absolute Gasteiger partial charge is 0.256 e. The van der Waals surface area contributed by atoms with E-state index in [9.17, 15) is 4.79 Å². The molecule has 0 bridgehead atoms.